The predicted octanol–water partition coefficient (Wildman–Crippen LogP) is 2.38. The summed E-state index contributed by atoms with van der Waals surface area (Å²) >= 11 is 6.11. The zero-order chi connectivity index (χ0) is 18.0. The van der Waals surface area contributed by atoms with E-state index < -0.39 is 0 Å². The molecule has 1 amide bonds. The summed E-state index contributed by atoms with van der Waals surface area (Å²) in [5, 5.41) is 4.08. The van der Waals surface area contributed by atoms with Gasteiger partial charge in [0.05, 0.1) is 13.2 Å². The predicted molar refractivity (Wildman–Crippen MR) is 100 cm³/mol. The van der Waals surface area contributed by atoms with Gasteiger partial charge in [0.2, 0.25) is 5.91 Å². The molecule has 0 bridgehead atoms. The van der Waals surface area contributed by atoms with Crippen LogP contribution >= 0.6 is 11.6 Å². The minimum Gasteiger partial charge on any atom is -0.496 e. The number of ether oxygens (including phenoxy) is 1. The van der Waals surface area contributed by atoms with Crippen LogP contribution in [0.3, 0.4) is 0 Å². The Labute approximate surface area is 155 Å². The Morgan fingerprint density at radius 3 is 2.84 bits per heavy atom. The van der Waals surface area contributed by atoms with Crippen LogP contribution in [0.2, 0.25) is 5.02 Å². The highest BCUT2D eigenvalue weighted by Gasteiger charge is 2.46. The molecule has 1 atom stereocenters. The number of piperidine rings is 1. The first kappa shape index (κ1) is 18.5. The van der Waals surface area contributed by atoms with E-state index in [0.717, 1.165) is 50.2 Å². The Bertz CT molecular complexity index is 631. The Hall–Kier alpha value is -1.30. The number of methoxy groups -OCH3 is 1. The number of carbonyl (C=O) groups is 1. The molecule has 2 heterocycles. The molecule has 25 heavy (non-hydrogen) atoms. The van der Waals surface area contributed by atoms with Gasteiger partial charge < -0.3 is 15.0 Å². The third kappa shape index (κ3) is 3.94. The van der Waals surface area contributed by atoms with Gasteiger partial charge in [-0.25, -0.2) is 0 Å². The van der Waals surface area contributed by atoms with Gasteiger partial charge in [0.25, 0.3) is 0 Å². The minimum absolute atomic E-state index is 0.0340. The Morgan fingerprint density at radius 2 is 2.16 bits per heavy atom. The number of nitrogens with one attached hydrogen (secondary N) is 1. The summed E-state index contributed by atoms with van der Waals surface area (Å²) in [5.41, 5.74) is 1.23. The average molecular weight is 366 g/mol. The quantitative estimate of drug-likeness (QED) is 0.889. The second-order valence-corrected chi connectivity index (χ2v) is 7.97. The molecular formula is C19H28ClN3O2. The van der Waals surface area contributed by atoms with E-state index in [9.17, 15) is 4.79 Å². The standard InChI is InChI=1S/C19H28ClN3O2/c1-22(12-14-10-15(20)4-5-17(14)25-3)18(24)16-11-19(13-23(16)2)6-8-21-9-7-19/h4-5,10,16,21H,6-9,11-13H2,1-3H3. The molecule has 2 fully saturated rings. The number of amides is 1. The lowest BCUT2D eigenvalue weighted by molar-refractivity contribution is -0.134. The van der Waals surface area contributed by atoms with Crippen LogP contribution in [0.4, 0.5) is 0 Å². The smallest absolute Gasteiger partial charge is 0.239 e. The molecular weight excluding hydrogens is 338 g/mol. The van der Waals surface area contributed by atoms with Crippen LogP contribution in [0.1, 0.15) is 24.8 Å². The number of halogens is 1. The fourth-order valence-corrected chi connectivity index (χ4v) is 4.52. The van der Waals surface area contributed by atoms with Crippen molar-refractivity contribution in [3.8, 4) is 5.75 Å². The molecule has 5 nitrogen and oxygen atoms in total. The van der Waals surface area contributed by atoms with Crippen LogP contribution < -0.4 is 10.1 Å². The molecule has 2 aliphatic rings. The molecule has 1 unspecified atom stereocenters. The highest BCUT2D eigenvalue weighted by Crippen LogP contribution is 2.41. The van der Waals surface area contributed by atoms with E-state index in [0.29, 0.717) is 17.0 Å². The van der Waals surface area contributed by atoms with Crippen molar-refractivity contribution in [3.63, 3.8) is 0 Å². The molecule has 0 radical (unpaired) electrons. The van der Waals surface area contributed by atoms with Crippen LogP contribution in [-0.2, 0) is 11.3 Å². The largest absolute Gasteiger partial charge is 0.496 e. The monoisotopic (exact) mass is 365 g/mol. The molecule has 0 saturated carbocycles. The third-order valence-corrected chi connectivity index (χ3v) is 5.95. The third-order valence-electron chi connectivity index (χ3n) is 5.72. The fraction of sp³-hybridized carbons (Fsp3) is 0.632. The van der Waals surface area contributed by atoms with Crippen molar-refractivity contribution >= 4 is 17.5 Å². The van der Waals surface area contributed by atoms with Crippen LogP contribution in [0.15, 0.2) is 18.2 Å². The molecule has 0 aromatic heterocycles. The van der Waals surface area contributed by atoms with E-state index in [-0.39, 0.29) is 11.9 Å². The topological polar surface area (TPSA) is 44.8 Å². The molecule has 0 aliphatic carbocycles. The maximum Gasteiger partial charge on any atom is 0.239 e. The van der Waals surface area contributed by atoms with E-state index in [1.165, 1.54) is 0 Å². The number of benzene rings is 1. The summed E-state index contributed by atoms with van der Waals surface area (Å²) in [4.78, 5) is 17.1. The van der Waals surface area contributed by atoms with Crippen molar-refractivity contribution in [2.45, 2.75) is 31.8 Å². The van der Waals surface area contributed by atoms with Gasteiger partial charge in [-0.15, -0.1) is 0 Å². The molecule has 1 N–H and O–H groups in total. The number of hydrogen-bond donors (Lipinski definition) is 1. The molecule has 1 aromatic carbocycles. The number of nitrogens with zero attached hydrogens (tertiary/aromatic N) is 2. The molecule has 138 valence electrons. The second-order valence-electron chi connectivity index (χ2n) is 7.54. The molecule has 1 spiro atoms. The lowest BCUT2D eigenvalue weighted by Gasteiger charge is -2.33. The van der Waals surface area contributed by atoms with Gasteiger partial charge in [-0.2, -0.15) is 0 Å². The summed E-state index contributed by atoms with van der Waals surface area (Å²) in [6.45, 7) is 3.63. The van der Waals surface area contributed by atoms with E-state index in [4.69, 9.17) is 16.3 Å². The summed E-state index contributed by atoms with van der Waals surface area (Å²) in [6.07, 6.45) is 3.28. The normalized spacial score (nSPS) is 23.0. The Balaban J connectivity index is 1.69. The highest BCUT2D eigenvalue weighted by atomic mass is 35.5. The van der Waals surface area contributed by atoms with Gasteiger partial charge in [-0.1, -0.05) is 11.6 Å². The van der Waals surface area contributed by atoms with Crippen molar-refractivity contribution in [1.82, 2.24) is 15.1 Å². The average Bonchev–Trinajstić information content (AvgIpc) is 2.90. The molecule has 3 rings (SSSR count). The van der Waals surface area contributed by atoms with E-state index in [1.807, 2.05) is 19.2 Å². The van der Waals surface area contributed by atoms with Crippen molar-refractivity contribution in [3.05, 3.63) is 28.8 Å². The maximum atomic E-state index is 13.1. The maximum absolute atomic E-state index is 13.1. The van der Waals surface area contributed by atoms with Gasteiger partial charge in [0, 0.05) is 30.7 Å². The molecule has 1 aromatic rings. The number of likely N-dealkylation sites (tertiary alicyclic amines) is 1. The van der Waals surface area contributed by atoms with E-state index in [1.54, 1.807) is 18.1 Å². The number of rotatable bonds is 4. The van der Waals surface area contributed by atoms with E-state index in [2.05, 4.69) is 17.3 Å². The van der Waals surface area contributed by atoms with Crippen LogP contribution in [0.5, 0.6) is 5.75 Å². The van der Waals surface area contributed by atoms with Crippen molar-refractivity contribution in [2.75, 3.05) is 40.8 Å². The van der Waals surface area contributed by atoms with Gasteiger partial charge in [0.15, 0.2) is 0 Å². The van der Waals surface area contributed by atoms with Crippen molar-refractivity contribution < 1.29 is 9.53 Å². The second kappa shape index (κ2) is 7.52. The lowest BCUT2D eigenvalue weighted by Crippen LogP contribution is -2.42. The SMILES string of the molecule is COc1ccc(Cl)cc1CN(C)C(=O)C1CC2(CCNCC2)CN1C. The van der Waals surface area contributed by atoms with E-state index >= 15 is 0 Å². The van der Waals surface area contributed by atoms with Crippen molar-refractivity contribution in [2.24, 2.45) is 5.41 Å². The highest BCUT2D eigenvalue weighted by molar-refractivity contribution is 6.30. The van der Waals surface area contributed by atoms with Crippen LogP contribution in [0.25, 0.3) is 0 Å². The van der Waals surface area contributed by atoms with Gasteiger partial charge in [-0.3, -0.25) is 9.69 Å². The van der Waals surface area contributed by atoms with Crippen LogP contribution in [0, 0.1) is 5.41 Å². The Morgan fingerprint density at radius 1 is 1.44 bits per heavy atom. The summed E-state index contributed by atoms with van der Waals surface area (Å²) in [5.74, 6) is 0.943. The molecule has 2 aliphatic heterocycles. The first-order chi connectivity index (χ1) is 11.9. The summed E-state index contributed by atoms with van der Waals surface area (Å²) < 4.78 is 5.40. The zero-order valence-corrected chi connectivity index (χ0v) is 16.1. The molecule has 6 heteroatoms. The van der Waals surface area contributed by atoms with Crippen LogP contribution in [-0.4, -0.2) is 62.6 Å². The number of carbonyl (C=O) groups excluding carboxylic acids is 1. The minimum atomic E-state index is -0.0340. The fourth-order valence-electron chi connectivity index (χ4n) is 4.32. The molecule has 2 saturated heterocycles. The zero-order valence-electron chi connectivity index (χ0n) is 15.3. The first-order valence-electron chi connectivity index (χ1n) is 8.92. The van der Waals surface area contributed by atoms with Crippen molar-refractivity contribution in [1.29, 1.82) is 0 Å². The summed E-state index contributed by atoms with van der Waals surface area (Å²) in [6, 6.07) is 5.49. The first-order valence-corrected chi connectivity index (χ1v) is 9.30. The summed E-state index contributed by atoms with van der Waals surface area (Å²) in [7, 11) is 5.58. The van der Waals surface area contributed by atoms with Gasteiger partial charge >= 0.3 is 0 Å². The van der Waals surface area contributed by atoms with Gasteiger partial charge in [0.1, 0.15) is 5.75 Å². The van der Waals surface area contributed by atoms with Gasteiger partial charge in [-0.05, 0) is 63.0 Å². The Kier molecular flexibility index (Phi) is 5.56. The number of likely N-dealkylation sites (N-methyl/N-ethyl adjacent to an activating group) is 2. The lowest BCUT2D eigenvalue weighted by atomic mass is 9.77. The number of hydrogen-bond acceptors (Lipinski definition) is 4.